The number of carbonyl (C=O) groups excluding carboxylic acids is 1. The summed E-state index contributed by atoms with van der Waals surface area (Å²) in [5.41, 5.74) is 0.787. The molecule has 3 fully saturated rings. The van der Waals surface area contributed by atoms with Gasteiger partial charge in [-0.25, -0.2) is 9.37 Å². The van der Waals surface area contributed by atoms with Crippen LogP contribution < -0.4 is 9.64 Å². The Balaban J connectivity index is 1.39. The van der Waals surface area contributed by atoms with Gasteiger partial charge in [0.25, 0.3) is 5.91 Å². The van der Waals surface area contributed by atoms with Gasteiger partial charge in [0.15, 0.2) is 6.10 Å². The SMILES string of the molecule is CC(Oc1ccc(F)cc1)C(=O)N1C2CC1CN(c1ccnc(F)c1)C2. The zero-order valence-corrected chi connectivity index (χ0v) is 14.3. The van der Waals surface area contributed by atoms with Crippen molar-refractivity contribution in [2.75, 3.05) is 18.0 Å². The second-order valence-electron chi connectivity index (χ2n) is 6.74. The molecule has 0 radical (unpaired) electrons. The molecule has 5 rings (SSSR count). The first kappa shape index (κ1) is 16.8. The molecule has 3 aliphatic rings. The van der Waals surface area contributed by atoms with Gasteiger partial charge in [-0.1, -0.05) is 0 Å². The van der Waals surface area contributed by atoms with Gasteiger partial charge in [0, 0.05) is 31.0 Å². The van der Waals surface area contributed by atoms with Crippen molar-refractivity contribution in [1.82, 2.24) is 9.88 Å². The van der Waals surface area contributed by atoms with Gasteiger partial charge < -0.3 is 14.5 Å². The van der Waals surface area contributed by atoms with E-state index in [1.165, 1.54) is 36.5 Å². The van der Waals surface area contributed by atoms with E-state index in [0.717, 1.165) is 12.1 Å². The average Bonchev–Trinajstić information content (AvgIpc) is 2.63. The number of carbonyl (C=O) groups is 1. The standard InChI is InChI=1S/C19H19F2N3O2/c1-12(26-17-4-2-13(20)3-5-17)19(25)24-15-8-16(24)11-23(10-15)14-6-7-22-18(21)9-14/h2-7,9,12,15-16H,8,10-11H2,1H3. The molecule has 2 aromatic rings. The Hall–Kier alpha value is -2.70. The molecule has 5 nitrogen and oxygen atoms in total. The van der Waals surface area contributed by atoms with Crippen molar-refractivity contribution in [1.29, 1.82) is 0 Å². The van der Waals surface area contributed by atoms with E-state index in [1.54, 1.807) is 13.0 Å². The molecule has 1 amide bonds. The summed E-state index contributed by atoms with van der Waals surface area (Å²) in [6.45, 7) is 3.03. The van der Waals surface area contributed by atoms with Crippen LogP contribution in [0, 0.1) is 11.8 Å². The van der Waals surface area contributed by atoms with Crippen LogP contribution in [0.3, 0.4) is 0 Å². The molecule has 0 N–H and O–H groups in total. The van der Waals surface area contributed by atoms with Crippen molar-refractivity contribution in [3.05, 3.63) is 54.4 Å². The third-order valence-corrected chi connectivity index (χ3v) is 5.00. The minimum absolute atomic E-state index is 0.0730. The first-order valence-corrected chi connectivity index (χ1v) is 8.62. The van der Waals surface area contributed by atoms with Crippen LogP contribution in [-0.4, -0.2) is 47.1 Å². The van der Waals surface area contributed by atoms with Gasteiger partial charge in [-0.15, -0.1) is 0 Å². The highest BCUT2D eigenvalue weighted by molar-refractivity contribution is 5.83. The van der Waals surface area contributed by atoms with E-state index in [1.807, 2.05) is 4.90 Å². The Kier molecular flexibility index (Phi) is 4.22. The minimum atomic E-state index is -0.643. The molecule has 1 aromatic heterocycles. The Morgan fingerprint density at radius 2 is 1.88 bits per heavy atom. The van der Waals surface area contributed by atoms with Gasteiger partial charge in [-0.2, -0.15) is 4.39 Å². The molecule has 3 saturated heterocycles. The maximum absolute atomic E-state index is 13.3. The van der Waals surface area contributed by atoms with Gasteiger partial charge in [0.2, 0.25) is 5.95 Å². The van der Waals surface area contributed by atoms with E-state index in [4.69, 9.17) is 4.74 Å². The Bertz CT molecular complexity index is 803. The first-order valence-electron chi connectivity index (χ1n) is 8.62. The molecule has 2 bridgehead atoms. The smallest absolute Gasteiger partial charge is 0.263 e. The lowest BCUT2D eigenvalue weighted by molar-refractivity contribution is -0.153. The van der Waals surface area contributed by atoms with Crippen LogP contribution in [0.25, 0.3) is 0 Å². The van der Waals surface area contributed by atoms with E-state index >= 15 is 0 Å². The van der Waals surface area contributed by atoms with E-state index in [-0.39, 0.29) is 23.8 Å². The minimum Gasteiger partial charge on any atom is -0.481 e. The van der Waals surface area contributed by atoms with Crippen molar-refractivity contribution in [2.24, 2.45) is 0 Å². The molecule has 0 aliphatic carbocycles. The van der Waals surface area contributed by atoms with Crippen molar-refractivity contribution in [3.63, 3.8) is 0 Å². The summed E-state index contributed by atoms with van der Waals surface area (Å²) in [7, 11) is 0. The average molecular weight is 359 g/mol. The highest BCUT2D eigenvalue weighted by Crippen LogP contribution is 2.35. The molecule has 1 aromatic carbocycles. The third-order valence-electron chi connectivity index (χ3n) is 5.00. The van der Waals surface area contributed by atoms with Crippen LogP contribution in [0.4, 0.5) is 14.5 Å². The number of benzene rings is 1. The summed E-state index contributed by atoms with van der Waals surface area (Å²) in [5.74, 6) is -0.458. The van der Waals surface area contributed by atoms with Crippen LogP contribution in [-0.2, 0) is 4.79 Å². The Labute approximate surface area is 150 Å². The lowest BCUT2D eigenvalue weighted by atomic mass is 9.86. The van der Waals surface area contributed by atoms with E-state index in [9.17, 15) is 13.6 Å². The number of hydrogen-bond acceptors (Lipinski definition) is 4. The van der Waals surface area contributed by atoms with E-state index in [2.05, 4.69) is 9.88 Å². The summed E-state index contributed by atoms with van der Waals surface area (Å²) in [5, 5.41) is 0. The van der Waals surface area contributed by atoms with Crippen molar-refractivity contribution < 1.29 is 18.3 Å². The molecule has 4 heterocycles. The number of piperidine rings is 1. The topological polar surface area (TPSA) is 45.7 Å². The maximum atomic E-state index is 13.3. The quantitative estimate of drug-likeness (QED) is 0.788. The molecule has 3 atom stereocenters. The largest absolute Gasteiger partial charge is 0.481 e. The summed E-state index contributed by atoms with van der Waals surface area (Å²) in [4.78, 5) is 20.3. The van der Waals surface area contributed by atoms with Crippen LogP contribution in [0.15, 0.2) is 42.6 Å². The molecular weight excluding hydrogens is 340 g/mol. The summed E-state index contributed by atoms with van der Waals surface area (Å²) < 4.78 is 32.0. The van der Waals surface area contributed by atoms with Gasteiger partial charge in [-0.3, -0.25) is 4.79 Å². The number of hydrogen-bond donors (Lipinski definition) is 0. The molecular formula is C19H19F2N3O2. The number of anilines is 1. The van der Waals surface area contributed by atoms with E-state index in [0.29, 0.717) is 18.8 Å². The number of aromatic nitrogens is 1. The van der Waals surface area contributed by atoms with Gasteiger partial charge in [-0.05, 0) is 43.7 Å². The normalized spacial score (nSPS) is 22.6. The fourth-order valence-electron chi connectivity index (χ4n) is 3.75. The van der Waals surface area contributed by atoms with E-state index < -0.39 is 12.1 Å². The maximum Gasteiger partial charge on any atom is 0.263 e. The second-order valence-corrected chi connectivity index (χ2v) is 6.74. The molecule has 0 spiro atoms. The predicted octanol–water partition coefficient (Wildman–Crippen LogP) is 2.62. The number of fused-ring (bicyclic) bond motifs is 2. The number of nitrogens with zero attached hydrogens (tertiary/aromatic N) is 3. The third kappa shape index (κ3) is 3.09. The summed E-state index contributed by atoms with van der Waals surface area (Å²) in [6.07, 6.45) is 1.75. The Morgan fingerprint density at radius 3 is 2.54 bits per heavy atom. The highest BCUT2D eigenvalue weighted by atomic mass is 19.1. The fraction of sp³-hybridized carbons (Fsp3) is 0.368. The lowest BCUT2D eigenvalue weighted by Gasteiger charge is -2.57. The van der Waals surface area contributed by atoms with Crippen molar-refractivity contribution in [3.8, 4) is 5.75 Å². The first-order chi connectivity index (χ1) is 12.5. The second kappa shape index (κ2) is 6.55. The molecule has 7 heteroatoms. The van der Waals surface area contributed by atoms with Gasteiger partial charge in [0.1, 0.15) is 11.6 Å². The predicted molar refractivity (Wildman–Crippen MR) is 91.9 cm³/mol. The van der Waals surface area contributed by atoms with Crippen LogP contribution in [0.2, 0.25) is 0 Å². The molecule has 3 unspecified atom stereocenters. The zero-order valence-electron chi connectivity index (χ0n) is 14.3. The number of ether oxygens (including phenoxy) is 1. The number of halogens is 2. The molecule has 3 aliphatic heterocycles. The van der Waals surface area contributed by atoms with Crippen molar-refractivity contribution in [2.45, 2.75) is 31.5 Å². The summed E-state index contributed by atoms with van der Waals surface area (Å²) >= 11 is 0. The molecule has 26 heavy (non-hydrogen) atoms. The number of amides is 1. The van der Waals surface area contributed by atoms with Crippen LogP contribution in [0.5, 0.6) is 5.75 Å². The van der Waals surface area contributed by atoms with Crippen LogP contribution in [0.1, 0.15) is 13.3 Å². The molecule has 136 valence electrons. The zero-order chi connectivity index (χ0) is 18.3. The fourth-order valence-corrected chi connectivity index (χ4v) is 3.75. The molecule has 0 saturated carbocycles. The lowest BCUT2D eigenvalue weighted by Crippen LogP contribution is -2.71. The van der Waals surface area contributed by atoms with Crippen molar-refractivity contribution >= 4 is 11.6 Å². The highest BCUT2D eigenvalue weighted by Gasteiger charge is 2.48. The summed E-state index contributed by atoms with van der Waals surface area (Å²) in [6, 6.07) is 9.00. The monoisotopic (exact) mass is 359 g/mol. The number of piperazine rings is 1. The number of pyridine rings is 1. The van der Waals surface area contributed by atoms with Crippen LogP contribution >= 0.6 is 0 Å². The number of rotatable bonds is 4. The Morgan fingerprint density at radius 1 is 1.19 bits per heavy atom. The van der Waals surface area contributed by atoms with Gasteiger partial charge in [0.05, 0.1) is 12.1 Å². The van der Waals surface area contributed by atoms with Gasteiger partial charge >= 0.3 is 0 Å².